The largest absolute Gasteiger partial charge is 0.241 e. The Kier molecular flexibility index (Phi) is 2.44. The zero-order valence-electron chi connectivity index (χ0n) is 6.27. The van der Waals surface area contributed by atoms with Crippen LogP contribution >= 0.6 is 0 Å². The van der Waals surface area contributed by atoms with Crippen molar-refractivity contribution in [2.24, 2.45) is 0 Å². The minimum Gasteiger partial charge on any atom is -0.241 e. The summed E-state index contributed by atoms with van der Waals surface area (Å²) < 4.78 is 1.73. The number of allylic oxidation sites excluding steroid dienone is 2. The summed E-state index contributed by atoms with van der Waals surface area (Å²) in [5, 5.41) is 4.04. The highest BCUT2D eigenvalue weighted by Crippen LogP contribution is 2.00. The van der Waals surface area contributed by atoms with E-state index in [0.29, 0.717) is 0 Å². The first-order valence-electron chi connectivity index (χ1n) is 3.33. The normalized spacial score (nSPS) is 10.2. The maximum absolute atomic E-state index is 4.04. The number of aromatic nitrogens is 2. The molecule has 0 fully saturated rings. The molecule has 0 spiro atoms. The summed E-state index contributed by atoms with van der Waals surface area (Å²) >= 11 is 0. The molecule has 0 unspecified atom stereocenters. The third kappa shape index (κ3) is 1.67. The number of hydrogen-bond acceptors (Lipinski definition) is 1. The van der Waals surface area contributed by atoms with E-state index in [1.807, 2.05) is 18.3 Å². The lowest BCUT2D eigenvalue weighted by molar-refractivity contribution is 0.925. The van der Waals surface area contributed by atoms with Gasteiger partial charge >= 0.3 is 0 Å². The second-order valence-corrected chi connectivity index (χ2v) is 1.98. The average molecular weight is 146 g/mol. The monoisotopic (exact) mass is 146 g/mol. The van der Waals surface area contributed by atoms with Crippen molar-refractivity contribution in [3.8, 4) is 0 Å². The highest BCUT2D eigenvalue weighted by atomic mass is 15.3. The molecule has 0 bridgehead atoms. The van der Waals surface area contributed by atoms with E-state index < -0.39 is 0 Å². The topological polar surface area (TPSA) is 17.8 Å². The van der Waals surface area contributed by atoms with Crippen molar-refractivity contribution < 1.29 is 0 Å². The molecule has 0 aromatic carbocycles. The summed E-state index contributed by atoms with van der Waals surface area (Å²) in [6.45, 7) is 7.21. The predicted molar refractivity (Wildman–Crippen MR) is 47.8 cm³/mol. The first-order chi connectivity index (χ1) is 5.38. The third-order valence-electron chi connectivity index (χ3n) is 1.27. The maximum Gasteiger partial charge on any atom is 0.0655 e. The predicted octanol–water partition coefficient (Wildman–Crippen LogP) is 2.18. The lowest BCUT2D eigenvalue weighted by atomic mass is 10.4. The van der Waals surface area contributed by atoms with Gasteiger partial charge in [0.1, 0.15) is 0 Å². The number of hydrogen-bond donors (Lipinski definition) is 0. The third-order valence-corrected chi connectivity index (χ3v) is 1.27. The molecule has 0 amide bonds. The van der Waals surface area contributed by atoms with Gasteiger partial charge in [0.25, 0.3) is 0 Å². The van der Waals surface area contributed by atoms with E-state index in [9.17, 15) is 0 Å². The fourth-order valence-corrected chi connectivity index (χ4v) is 0.753. The van der Waals surface area contributed by atoms with Crippen LogP contribution in [0.2, 0.25) is 0 Å². The van der Waals surface area contributed by atoms with Crippen molar-refractivity contribution in [3.63, 3.8) is 0 Å². The fraction of sp³-hybridized carbons (Fsp3) is 0. The van der Waals surface area contributed by atoms with Gasteiger partial charge < -0.3 is 0 Å². The molecule has 2 nitrogen and oxygen atoms in total. The first kappa shape index (κ1) is 7.54. The van der Waals surface area contributed by atoms with Crippen LogP contribution in [0.5, 0.6) is 0 Å². The van der Waals surface area contributed by atoms with Gasteiger partial charge in [-0.15, -0.1) is 0 Å². The van der Waals surface area contributed by atoms with Crippen LogP contribution in [-0.2, 0) is 0 Å². The van der Waals surface area contributed by atoms with Crippen LogP contribution < -0.4 is 0 Å². The molecule has 2 heteroatoms. The van der Waals surface area contributed by atoms with Crippen LogP contribution in [0.4, 0.5) is 0 Å². The Bertz CT molecular complexity index is 282. The van der Waals surface area contributed by atoms with Gasteiger partial charge in [-0.3, -0.25) is 0 Å². The second-order valence-electron chi connectivity index (χ2n) is 1.98. The molecule has 11 heavy (non-hydrogen) atoms. The smallest absolute Gasteiger partial charge is 0.0655 e. The van der Waals surface area contributed by atoms with E-state index in [1.165, 1.54) is 0 Å². The average Bonchev–Trinajstić information content (AvgIpc) is 2.47. The van der Waals surface area contributed by atoms with Gasteiger partial charge in [-0.2, -0.15) is 5.10 Å². The fourth-order valence-electron chi connectivity index (χ4n) is 0.753. The molecule has 0 saturated carbocycles. The highest BCUT2D eigenvalue weighted by molar-refractivity contribution is 5.45. The maximum atomic E-state index is 4.04. The van der Waals surface area contributed by atoms with E-state index in [0.717, 1.165) is 5.69 Å². The number of nitrogens with zero attached hydrogens (tertiary/aromatic N) is 2. The standard InChI is InChI=1S/C9H10N2/c1-3-5-8-11-9(4-2)6-7-10-11/h3-8H,1-2H2/b8-5-. The van der Waals surface area contributed by atoms with Crippen LogP contribution in [0.3, 0.4) is 0 Å². The molecule has 56 valence electrons. The Labute approximate surface area is 66.2 Å². The van der Waals surface area contributed by atoms with Gasteiger partial charge in [0.15, 0.2) is 0 Å². The van der Waals surface area contributed by atoms with Crippen molar-refractivity contribution in [2.75, 3.05) is 0 Å². The van der Waals surface area contributed by atoms with E-state index in [1.54, 1.807) is 23.0 Å². The minimum absolute atomic E-state index is 0.975. The van der Waals surface area contributed by atoms with Crippen LogP contribution in [-0.4, -0.2) is 9.78 Å². The number of rotatable bonds is 3. The Morgan fingerprint density at radius 3 is 2.91 bits per heavy atom. The second kappa shape index (κ2) is 3.56. The minimum atomic E-state index is 0.975. The molecule has 0 aliphatic carbocycles. The van der Waals surface area contributed by atoms with E-state index in [-0.39, 0.29) is 0 Å². The molecule has 1 heterocycles. The molecular formula is C9H10N2. The Morgan fingerprint density at radius 1 is 1.45 bits per heavy atom. The highest BCUT2D eigenvalue weighted by Gasteiger charge is 1.90. The molecule has 1 aromatic rings. The van der Waals surface area contributed by atoms with Crippen molar-refractivity contribution >= 4 is 12.3 Å². The van der Waals surface area contributed by atoms with Crippen molar-refractivity contribution in [1.82, 2.24) is 9.78 Å². The Morgan fingerprint density at radius 2 is 2.27 bits per heavy atom. The SMILES string of the molecule is C=C/C=C\n1nccc1C=C. The van der Waals surface area contributed by atoms with Gasteiger partial charge in [-0.05, 0) is 18.2 Å². The molecule has 1 aromatic heterocycles. The van der Waals surface area contributed by atoms with Gasteiger partial charge in [0, 0.05) is 12.4 Å². The molecule has 0 atom stereocenters. The molecule has 1 rings (SSSR count). The molecular weight excluding hydrogens is 136 g/mol. The molecule has 0 N–H and O–H groups in total. The molecule has 0 aliphatic heterocycles. The molecule has 0 radical (unpaired) electrons. The van der Waals surface area contributed by atoms with E-state index in [4.69, 9.17) is 0 Å². The van der Waals surface area contributed by atoms with E-state index in [2.05, 4.69) is 18.3 Å². The Hall–Kier alpha value is -1.57. The lowest BCUT2D eigenvalue weighted by Gasteiger charge is -1.93. The van der Waals surface area contributed by atoms with Crippen molar-refractivity contribution in [1.29, 1.82) is 0 Å². The summed E-state index contributed by atoms with van der Waals surface area (Å²) in [5.41, 5.74) is 0.975. The zero-order valence-corrected chi connectivity index (χ0v) is 6.27. The van der Waals surface area contributed by atoms with Gasteiger partial charge in [-0.1, -0.05) is 19.2 Å². The van der Waals surface area contributed by atoms with Crippen LogP contribution in [0.15, 0.2) is 37.6 Å². The summed E-state index contributed by atoms with van der Waals surface area (Å²) in [6.07, 6.45) is 8.82. The van der Waals surface area contributed by atoms with Crippen molar-refractivity contribution in [2.45, 2.75) is 0 Å². The Balaban J connectivity index is 2.92. The zero-order chi connectivity index (χ0) is 8.10. The van der Waals surface area contributed by atoms with Gasteiger partial charge in [-0.25, -0.2) is 4.68 Å². The summed E-state index contributed by atoms with van der Waals surface area (Å²) in [6, 6.07) is 1.89. The summed E-state index contributed by atoms with van der Waals surface area (Å²) in [5.74, 6) is 0. The first-order valence-corrected chi connectivity index (χ1v) is 3.33. The van der Waals surface area contributed by atoms with Crippen LogP contribution in [0.1, 0.15) is 5.69 Å². The molecule has 0 aliphatic rings. The van der Waals surface area contributed by atoms with Crippen molar-refractivity contribution in [3.05, 3.63) is 43.3 Å². The summed E-state index contributed by atoms with van der Waals surface area (Å²) in [4.78, 5) is 0. The molecule has 0 saturated heterocycles. The van der Waals surface area contributed by atoms with Gasteiger partial charge in [0.2, 0.25) is 0 Å². The lowest BCUT2D eigenvalue weighted by Crippen LogP contribution is -1.89. The van der Waals surface area contributed by atoms with Crippen LogP contribution in [0.25, 0.3) is 12.3 Å². The van der Waals surface area contributed by atoms with Crippen LogP contribution in [0, 0.1) is 0 Å². The summed E-state index contributed by atoms with van der Waals surface area (Å²) in [7, 11) is 0. The quantitative estimate of drug-likeness (QED) is 0.597. The van der Waals surface area contributed by atoms with E-state index >= 15 is 0 Å². The van der Waals surface area contributed by atoms with Gasteiger partial charge in [0.05, 0.1) is 5.69 Å².